The van der Waals surface area contributed by atoms with Crippen molar-refractivity contribution in [2.75, 3.05) is 31.1 Å². The number of rotatable bonds is 6. The van der Waals surface area contributed by atoms with Gasteiger partial charge in [-0.15, -0.1) is 0 Å². The highest BCUT2D eigenvalue weighted by Gasteiger charge is 2.26. The Hall–Kier alpha value is -2.27. The maximum absolute atomic E-state index is 12.4. The fourth-order valence-electron chi connectivity index (χ4n) is 2.77. The molecule has 1 fully saturated rings. The molecule has 0 saturated carbocycles. The third-order valence-electron chi connectivity index (χ3n) is 3.97. The van der Waals surface area contributed by atoms with Crippen LogP contribution in [0.4, 0.5) is 5.82 Å². The molecule has 24 heavy (non-hydrogen) atoms. The summed E-state index contributed by atoms with van der Waals surface area (Å²) in [5, 5.41) is 3.58. The maximum atomic E-state index is 12.4. The van der Waals surface area contributed by atoms with E-state index in [0.717, 1.165) is 24.7 Å². The summed E-state index contributed by atoms with van der Waals surface area (Å²) in [6.07, 6.45) is 4.19. The van der Waals surface area contributed by atoms with Gasteiger partial charge >= 0.3 is 0 Å². The lowest BCUT2D eigenvalue weighted by molar-refractivity contribution is -0.364. The van der Waals surface area contributed by atoms with Gasteiger partial charge in [0.1, 0.15) is 17.9 Å². The van der Waals surface area contributed by atoms with E-state index in [1.165, 1.54) is 12.8 Å². The number of nitrogens with one attached hydrogen (secondary N) is 2. The molecule has 0 atom stereocenters. The molecule has 6 heteroatoms. The number of benzene rings is 1. The Kier molecular flexibility index (Phi) is 5.54. The van der Waals surface area contributed by atoms with E-state index < -0.39 is 0 Å². The van der Waals surface area contributed by atoms with Crippen LogP contribution < -0.4 is 19.9 Å². The number of ether oxygens (including phenoxy) is 1. The Balaban J connectivity index is 1.52. The fraction of sp³-hybridized carbons (Fsp3) is 0.333. The van der Waals surface area contributed by atoms with Gasteiger partial charge in [0, 0.05) is 5.02 Å². The minimum Gasteiger partial charge on any atom is -0.492 e. The highest BCUT2D eigenvalue weighted by molar-refractivity contribution is 6.30. The Morgan fingerprint density at radius 1 is 1.21 bits per heavy atom. The highest BCUT2D eigenvalue weighted by atomic mass is 35.5. The zero-order valence-corrected chi connectivity index (χ0v) is 14.2. The van der Waals surface area contributed by atoms with Crippen molar-refractivity contribution in [2.45, 2.75) is 12.8 Å². The van der Waals surface area contributed by atoms with Gasteiger partial charge in [-0.3, -0.25) is 9.69 Å². The van der Waals surface area contributed by atoms with Crippen molar-refractivity contribution in [3.05, 3.63) is 53.2 Å². The molecular formula is C18H21ClN3O2+. The van der Waals surface area contributed by atoms with Crippen molar-refractivity contribution >= 4 is 23.3 Å². The number of carbonyl (C=O) groups excluding carboxylic acids is 1. The number of aromatic nitrogens is 1. The summed E-state index contributed by atoms with van der Waals surface area (Å²) in [6.45, 7) is 2.82. The molecule has 2 aromatic rings. The summed E-state index contributed by atoms with van der Waals surface area (Å²) in [6, 6.07) is 10.9. The monoisotopic (exact) mass is 346 g/mol. The number of anilines is 1. The Labute approximate surface area is 146 Å². The topological polar surface area (TPSA) is 55.7 Å². The van der Waals surface area contributed by atoms with Crippen molar-refractivity contribution in [3.8, 4) is 5.75 Å². The molecule has 0 aliphatic carbocycles. The lowest BCUT2D eigenvalue weighted by Crippen LogP contribution is -2.33. The Morgan fingerprint density at radius 2 is 1.96 bits per heavy atom. The first kappa shape index (κ1) is 16.6. The number of carbonyl (C=O) groups is 1. The quantitative estimate of drug-likeness (QED) is 0.818. The van der Waals surface area contributed by atoms with Crippen LogP contribution in [0.3, 0.4) is 0 Å². The zero-order chi connectivity index (χ0) is 16.8. The molecule has 1 aromatic heterocycles. The van der Waals surface area contributed by atoms with Gasteiger partial charge in [0.25, 0.3) is 11.7 Å². The van der Waals surface area contributed by atoms with Crippen LogP contribution in [0.2, 0.25) is 5.02 Å². The number of hydrogen-bond donors (Lipinski definition) is 1. The minimum atomic E-state index is -0.0894. The molecule has 0 bridgehead atoms. The fourth-order valence-corrected chi connectivity index (χ4v) is 2.90. The van der Waals surface area contributed by atoms with Gasteiger partial charge in [0.05, 0.1) is 25.8 Å². The predicted molar refractivity (Wildman–Crippen MR) is 93.7 cm³/mol. The zero-order valence-electron chi connectivity index (χ0n) is 13.4. The van der Waals surface area contributed by atoms with E-state index in [9.17, 15) is 4.79 Å². The standard InChI is InChI=1S/C18H20ClN3O2/c19-14-5-7-15(8-6-14)24-13-10-21-18(23)16-4-3-9-20-17(16)22-11-1-2-12-22/h3-9H,1-2,10-13H2,(H,21,23)/p+1. The molecule has 1 aromatic carbocycles. The molecule has 1 aliphatic rings. The van der Waals surface area contributed by atoms with E-state index in [1.54, 1.807) is 12.1 Å². The smallest absolute Gasteiger partial charge is 0.287 e. The van der Waals surface area contributed by atoms with Crippen LogP contribution in [0.25, 0.3) is 0 Å². The Bertz CT molecular complexity index is 685. The van der Waals surface area contributed by atoms with Gasteiger partial charge < -0.3 is 10.1 Å². The number of halogens is 1. The second-order valence-electron chi connectivity index (χ2n) is 5.68. The molecule has 0 spiro atoms. The molecule has 2 N–H and O–H groups in total. The molecule has 2 heterocycles. The first-order valence-corrected chi connectivity index (χ1v) is 8.54. The van der Waals surface area contributed by atoms with E-state index in [-0.39, 0.29) is 5.91 Å². The van der Waals surface area contributed by atoms with E-state index >= 15 is 0 Å². The average molecular weight is 347 g/mol. The molecule has 0 radical (unpaired) electrons. The summed E-state index contributed by atoms with van der Waals surface area (Å²) in [5.74, 6) is 1.54. The first-order chi connectivity index (χ1) is 11.7. The maximum Gasteiger partial charge on any atom is 0.287 e. The molecule has 3 rings (SSSR count). The number of pyridine rings is 1. The van der Waals surface area contributed by atoms with E-state index in [0.29, 0.717) is 23.7 Å². The van der Waals surface area contributed by atoms with Gasteiger partial charge in [0.15, 0.2) is 0 Å². The molecule has 1 amide bonds. The van der Waals surface area contributed by atoms with Crippen LogP contribution >= 0.6 is 11.6 Å². The third-order valence-corrected chi connectivity index (χ3v) is 4.22. The van der Waals surface area contributed by atoms with Crippen molar-refractivity contribution in [2.24, 2.45) is 0 Å². The van der Waals surface area contributed by atoms with Gasteiger partial charge in [-0.1, -0.05) is 11.6 Å². The first-order valence-electron chi connectivity index (χ1n) is 8.16. The van der Waals surface area contributed by atoms with Gasteiger partial charge in [-0.05, 0) is 49.2 Å². The SMILES string of the molecule is O=C(NCCOc1ccc(Cl)cc1)c1ccc[nH+]c1N1CCCC1. The van der Waals surface area contributed by atoms with Gasteiger partial charge in [-0.25, -0.2) is 4.98 Å². The summed E-state index contributed by atoms with van der Waals surface area (Å²) >= 11 is 5.83. The van der Waals surface area contributed by atoms with Gasteiger partial charge in [-0.2, -0.15) is 0 Å². The number of nitrogens with zero attached hydrogens (tertiary/aromatic N) is 1. The van der Waals surface area contributed by atoms with E-state index in [2.05, 4.69) is 15.2 Å². The van der Waals surface area contributed by atoms with Crippen molar-refractivity contribution in [1.82, 2.24) is 5.32 Å². The van der Waals surface area contributed by atoms with E-state index in [1.807, 2.05) is 30.5 Å². The van der Waals surface area contributed by atoms with Crippen molar-refractivity contribution in [1.29, 1.82) is 0 Å². The van der Waals surface area contributed by atoms with Crippen molar-refractivity contribution in [3.63, 3.8) is 0 Å². The van der Waals surface area contributed by atoms with Crippen LogP contribution in [0.5, 0.6) is 5.75 Å². The largest absolute Gasteiger partial charge is 0.492 e. The molecule has 5 nitrogen and oxygen atoms in total. The number of H-pyrrole nitrogens is 1. The number of hydrogen-bond acceptors (Lipinski definition) is 3. The minimum absolute atomic E-state index is 0.0894. The van der Waals surface area contributed by atoms with Crippen LogP contribution in [-0.2, 0) is 0 Å². The summed E-state index contributed by atoms with van der Waals surface area (Å²) in [5.41, 5.74) is 0.672. The lowest BCUT2D eigenvalue weighted by Gasteiger charge is -2.13. The molecule has 0 unspecified atom stereocenters. The molecule has 126 valence electrons. The third kappa shape index (κ3) is 4.17. The summed E-state index contributed by atoms with van der Waals surface area (Å²) < 4.78 is 5.59. The van der Waals surface area contributed by atoms with Crippen LogP contribution in [0.15, 0.2) is 42.6 Å². The summed E-state index contributed by atoms with van der Waals surface area (Å²) in [7, 11) is 0. The van der Waals surface area contributed by atoms with E-state index in [4.69, 9.17) is 16.3 Å². The summed E-state index contributed by atoms with van der Waals surface area (Å²) in [4.78, 5) is 17.9. The highest BCUT2D eigenvalue weighted by Crippen LogP contribution is 2.19. The normalized spacial score (nSPS) is 13.8. The second-order valence-corrected chi connectivity index (χ2v) is 6.12. The van der Waals surface area contributed by atoms with Crippen molar-refractivity contribution < 1.29 is 14.5 Å². The van der Waals surface area contributed by atoms with Gasteiger partial charge in [0.2, 0.25) is 0 Å². The number of amides is 1. The molecular weight excluding hydrogens is 326 g/mol. The molecule has 1 aliphatic heterocycles. The van der Waals surface area contributed by atoms with Crippen LogP contribution in [0.1, 0.15) is 23.2 Å². The van der Waals surface area contributed by atoms with Crippen LogP contribution in [-0.4, -0.2) is 32.1 Å². The number of aromatic amines is 1. The van der Waals surface area contributed by atoms with Crippen LogP contribution in [0, 0.1) is 0 Å². The predicted octanol–water partition coefficient (Wildman–Crippen LogP) is 2.56. The average Bonchev–Trinajstić information content (AvgIpc) is 3.14. The molecule has 1 saturated heterocycles. The second kappa shape index (κ2) is 8.02. The Morgan fingerprint density at radius 3 is 2.71 bits per heavy atom. The lowest BCUT2D eigenvalue weighted by atomic mass is 10.2.